The topological polar surface area (TPSA) is 67.8 Å². The highest BCUT2D eigenvalue weighted by molar-refractivity contribution is 5.73. The molecule has 1 aromatic carbocycles. The van der Waals surface area contributed by atoms with Crippen molar-refractivity contribution in [2.75, 3.05) is 39.5 Å². The first-order chi connectivity index (χ1) is 10.8. The number of oxazole rings is 1. The molecule has 1 aliphatic rings. The van der Waals surface area contributed by atoms with Crippen LogP contribution in [0.1, 0.15) is 12.0 Å². The van der Waals surface area contributed by atoms with Crippen molar-refractivity contribution in [2.45, 2.75) is 19.4 Å². The van der Waals surface area contributed by atoms with Crippen LogP contribution in [0.4, 0.5) is 0 Å². The molecule has 0 radical (unpaired) electrons. The molecule has 1 N–H and O–H groups in total. The molecule has 120 valence electrons. The number of fused-ring (bicyclic) bond motifs is 1. The van der Waals surface area contributed by atoms with Gasteiger partial charge in [-0.05, 0) is 37.1 Å². The molecule has 0 aliphatic carbocycles. The van der Waals surface area contributed by atoms with Crippen LogP contribution in [0.25, 0.3) is 11.1 Å². The smallest absolute Gasteiger partial charge is 0.408 e. The van der Waals surface area contributed by atoms with Crippen molar-refractivity contribution >= 4 is 11.1 Å². The molecule has 0 saturated carbocycles. The van der Waals surface area contributed by atoms with E-state index in [9.17, 15) is 4.79 Å². The number of aromatic nitrogens is 1. The lowest BCUT2D eigenvalue weighted by molar-refractivity contribution is 0.0375. The van der Waals surface area contributed by atoms with Crippen LogP contribution >= 0.6 is 0 Å². The van der Waals surface area contributed by atoms with E-state index >= 15 is 0 Å². The van der Waals surface area contributed by atoms with Gasteiger partial charge in [0.05, 0.1) is 31.9 Å². The lowest BCUT2D eigenvalue weighted by atomic mass is 10.1. The van der Waals surface area contributed by atoms with Gasteiger partial charge in [0.15, 0.2) is 5.58 Å². The summed E-state index contributed by atoms with van der Waals surface area (Å²) in [6, 6.07) is 5.87. The van der Waals surface area contributed by atoms with Crippen LogP contribution in [0.3, 0.4) is 0 Å². The number of hydrogen-bond acceptors (Lipinski definition) is 5. The molecular weight excluding hydrogens is 284 g/mol. The number of aryl methyl sites for hydroxylation is 1. The molecule has 1 aliphatic heterocycles. The third kappa shape index (κ3) is 3.40. The van der Waals surface area contributed by atoms with Gasteiger partial charge in [-0.2, -0.15) is 0 Å². The van der Waals surface area contributed by atoms with Crippen molar-refractivity contribution in [1.82, 2.24) is 9.47 Å². The lowest BCUT2D eigenvalue weighted by Crippen LogP contribution is -2.36. The molecule has 0 unspecified atom stereocenters. The minimum absolute atomic E-state index is 0.0736. The summed E-state index contributed by atoms with van der Waals surface area (Å²) in [6.07, 6.45) is 2.04. The van der Waals surface area contributed by atoms with Gasteiger partial charge in [-0.15, -0.1) is 0 Å². The predicted molar refractivity (Wildman–Crippen MR) is 83.1 cm³/mol. The molecule has 0 bridgehead atoms. The van der Waals surface area contributed by atoms with Gasteiger partial charge in [0.2, 0.25) is 0 Å². The SMILES string of the molecule is O=c1oc2cc(CCCN3CCOCC3)ccc2n1CCO. The Balaban J connectivity index is 1.63. The molecule has 2 heterocycles. The Kier molecular flexibility index (Phi) is 4.92. The van der Waals surface area contributed by atoms with Crippen LogP contribution in [0, 0.1) is 0 Å². The largest absolute Gasteiger partial charge is 0.420 e. The second kappa shape index (κ2) is 7.09. The molecule has 1 aromatic heterocycles. The number of hydrogen-bond donors (Lipinski definition) is 1. The summed E-state index contributed by atoms with van der Waals surface area (Å²) in [5, 5.41) is 9.00. The number of morpholine rings is 1. The highest BCUT2D eigenvalue weighted by Crippen LogP contribution is 2.16. The minimum Gasteiger partial charge on any atom is -0.408 e. The second-order valence-corrected chi connectivity index (χ2v) is 5.60. The highest BCUT2D eigenvalue weighted by atomic mass is 16.5. The number of ether oxygens (including phenoxy) is 1. The van der Waals surface area contributed by atoms with Crippen LogP contribution in [0.5, 0.6) is 0 Å². The van der Waals surface area contributed by atoms with Crippen LogP contribution in [0.2, 0.25) is 0 Å². The van der Waals surface area contributed by atoms with Crippen molar-refractivity contribution in [3.05, 3.63) is 34.3 Å². The monoisotopic (exact) mass is 306 g/mol. The van der Waals surface area contributed by atoms with Crippen LogP contribution in [-0.2, 0) is 17.7 Å². The molecule has 1 saturated heterocycles. The molecule has 6 heteroatoms. The number of nitrogens with zero attached hydrogens (tertiary/aromatic N) is 2. The van der Waals surface area contributed by atoms with E-state index in [2.05, 4.69) is 4.90 Å². The Hall–Kier alpha value is -1.63. The summed E-state index contributed by atoms with van der Waals surface area (Å²) in [5.41, 5.74) is 2.52. The fourth-order valence-electron chi connectivity index (χ4n) is 2.91. The van der Waals surface area contributed by atoms with Crippen LogP contribution in [-0.4, -0.2) is 54.0 Å². The molecule has 3 rings (SSSR count). The van der Waals surface area contributed by atoms with E-state index in [1.165, 1.54) is 10.1 Å². The van der Waals surface area contributed by atoms with E-state index in [-0.39, 0.29) is 13.2 Å². The summed E-state index contributed by atoms with van der Waals surface area (Å²) < 4.78 is 12.1. The summed E-state index contributed by atoms with van der Waals surface area (Å²) in [6.45, 7) is 4.94. The molecule has 2 aromatic rings. The van der Waals surface area contributed by atoms with Crippen molar-refractivity contribution in [3.63, 3.8) is 0 Å². The number of rotatable bonds is 6. The van der Waals surface area contributed by atoms with Gasteiger partial charge < -0.3 is 14.3 Å². The number of benzene rings is 1. The van der Waals surface area contributed by atoms with Gasteiger partial charge >= 0.3 is 5.76 Å². The first-order valence-electron chi connectivity index (χ1n) is 7.81. The summed E-state index contributed by atoms with van der Waals surface area (Å²) in [7, 11) is 0. The average molecular weight is 306 g/mol. The minimum atomic E-state index is -0.408. The van der Waals surface area contributed by atoms with Gasteiger partial charge in [0, 0.05) is 13.1 Å². The zero-order valence-electron chi connectivity index (χ0n) is 12.7. The quantitative estimate of drug-likeness (QED) is 0.857. The Morgan fingerprint density at radius 3 is 2.77 bits per heavy atom. The first kappa shape index (κ1) is 15.3. The van der Waals surface area contributed by atoms with Crippen LogP contribution in [0.15, 0.2) is 27.4 Å². The molecule has 0 amide bonds. The maximum atomic E-state index is 11.7. The van der Waals surface area contributed by atoms with Crippen molar-refractivity contribution in [1.29, 1.82) is 0 Å². The van der Waals surface area contributed by atoms with E-state index in [1.54, 1.807) is 0 Å². The van der Waals surface area contributed by atoms with E-state index < -0.39 is 5.76 Å². The van der Waals surface area contributed by atoms with Gasteiger partial charge in [-0.1, -0.05) is 6.07 Å². The highest BCUT2D eigenvalue weighted by Gasteiger charge is 2.11. The fraction of sp³-hybridized carbons (Fsp3) is 0.562. The zero-order chi connectivity index (χ0) is 15.4. The molecular formula is C16H22N2O4. The number of aliphatic hydroxyl groups excluding tert-OH is 1. The van der Waals surface area contributed by atoms with Gasteiger partial charge in [-0.3, -0.25) is 9.47 Å². The Morgan fingerprint density at radius 2 is 2.00 bits per heavy atom. The Labute approximate surface area is 128 Å². The van der Waals surface area contributed by atoms with Gasteiger partial charge in [0.25, 0.3) is 0 Å². The Morgan fingerprint density at radius 1 is 1.18 bits per heavy atom. The molecule has 0 spiro atoms. The second-order valence-electron chi connectivity index (χ2n) is 5.60. The standard InChI is InChI=1S/C16H22N2O4/c19-9-6-18-14-4-3-13(12-15(14)22-16(18)20)2-1-5-17-7-10-21-11-8-17/h3-4,12,19H,1-2,5-11H2. The fourth-order valence-corrected chi connectivity index (χ4v) is 2.91. The van der Waals surface area contributed by atoms with E-state index in [0.29, 0.717) is 5.58 Å². The average Bonchev–Trinajstić information content (AvgIpc) is 2.84. The van der Waals surface area contributed by atoms with Gasteiger partial charge in [-0.25, -0.2) is 4.79 Å². The molecule has 1 fully saturated rings. The van der Waals surface area contributed by atoms with Crippen molar-refractivity contribution in [2.24, 2.45) is 0 Å². The third-order valence-corrected chi connectivity index (χ3v) is 4.10. The van der Waals surface area contributed by atoms with Gasteiger partial charge in [0.1, 0.15) is 0 Å². The van der Waals surface area contributed by atoms with E-state index in [4.69, 9.17) is 14.3 Å². The predicted octanol–water partition coefficient (Wildman–Crippen LogP) is 0.852. The molecule has 0 atom stereocenters. The first-order valence-corrected chi connectivity index (χ1v) is 7.81. The summed E-state index contributed by atoms with van der Waals surface area (Å²) in [5.74, 6) is -0.408. The van der Waals surface area contributed by atoms with Crippen LogP contribution < -0.4 is 5.76 Å². The molecule has 6 nitrogen and oxygen atoms in total. The Bertz CT molecular complexity index is 670. The van der Waals surface area contributed by atoms with E-state index in [0.717, 1.165) is 51.2 Å². The summed E-state index contributed by atoms with van der Waals surface area (Å²) in [4.78, 5) is 14.1. The number of aliphatic hydroxyl groups is 1. The maximum Gasteiger partial charge on any atom is 0.420 e. The normalized spacial score (nSPS) is 16.4. The van der Waals surface area contributed by atoms with Crippen molar-refractivity contribution in [3.8, 4) is 0 Å². The third-order valence-electron chi connectivity index (χ3n) is 4.10. The lowest BCUT2D eigenvalue weighted by Gasteiger charge is -2.26. The zero-order valence-corrected chi connectivity index (χ0v) is 12.7. The maximum absolute atomic E-state index is 11.7. The summed E-state index contributed by atoms with van der Waals surface area (Å²) >= 11 is 0. The van der Waals surface area contributed by atoms with Crippen molar-refractivity contribution < 1.29 is 14.3 Å². The molecule has 22 heavy (non-hydrogen) atoms. The van der Waals surface area contributed by atoms with E-state index in [1.807, 2.05) is 18.2 Å².